The predicted octanol–water partition coefficient (Wildman–Crippen LogP) is 2.48. The highest BCUT2D eigenvalue weighted by molar-refractivity contribution is 7.99. The third-order valence-corrected chi connectivity index (χ3v) is 5.36. The van der Waals surface area contributed by atoms with E-state index in [9.17, 15) is 4.79 Å². The van der Waals surface area contributed by atoms with Crippen LogP contribution in [0.25, 0.3) is 0 Å². The van der Waals surface area contributed by atoms with Gasteiger partial charge in [-0.05, 0) is 31.5 Å². The smallest absolute Gasteiger partial charge is 0.254 e. The molecule has 2 saturated heterocycles. The van der Waals surface area contributed by atoms with Crippen molar-refractivity contribution in [3.8, 4) is 0 Å². The number of hydrogen-bond donors (Lipinski definition) is 0. The Kier molecular flexibility index (Phi) is 5.62. The Morgan fingerprint density at radius 2 is 1.74 bits per heavy atom. The van der Waals surface area contributed by atoms with Crippen LogP contribution in [0.2, 0.25) is 0 Å². The number of nitrogens with zero attached hydrogens (tertiary/aromatic N) is 2. The Morgan fingerprint density at radius 3 is 2.35 bits per heavy atom. The van der Waals surface area contributed by atoms with Gasteiger partial charge in [0, 0.05) is 49.8 Å². The summed E-state index contributed by atoms with van der Waals surface area (Å²) in [4.78, 5) is 17.0. The molecule has 1 amide bonds. The fraction of sp³-hybridized carbons (Fsp3) is 0.611. The van der Waals surface area contributed by atoms with Crippen molar-refractivity contribution in [3.63, 3.8) is 0 Å². The Labute approximate surface area is 143 Å². The molecule has 0 spiro atoms. The first kappa shape index (κ1) is 16.8. The Hall–Kier alpha value is -1.04. The van der Waals surface area contributed by atoms with Crippen LogP contribution < -0.4 is 0 Å². The lowest BCUT2D eigenvalue weighted by Crippen LogP contribution is -2.48. The number of hydrogen-bond acceptors (Lipinski definition) is 4. The molecule has 3 rings (SSSR count). The average molecular weight is 334 g/mol. The van der Waals surface area contributed by atoms with Gasteiger partial charge in [-0.15, -0.1) is 0 Å². The van der Waals surface area contributed by atoms with E-state index in [1.54, 1.807) is 0 Å². The maximum atomic E-state index is 12.6. The summed E-state index contributed by atoms with van der Waals surface area (Å²) in [6.45, 7) is 8.71. The Balaban J connectivity index is 1.60. The molecule has 126 valence electrons. The van der Waals surface area contributed by atoms with Crippen molar-refractivity contribution in [1.29, 1.82) is 0 Å². The zero-order chi connectivity index (χ0) is 16.2. The Bertz CT molecular complexity index is 518. The van der Waals surface area contributed by atoms with Gasteiger partial charge in [0.25, 0.3) is 5.91 Å². The summed E-state index contributed by atoms with van der Waals surface area (Å²) >= 11 is 2.03. The SMILES string of the molecule is C[C@@H]1CN(C(=O)c2ccc(CN3CCSCC3)cc2)C[C@@H](C)O1. The fourth-order valence-electron chi connectivity index (χ4n) is 3.30. The summed E-state index contributed by atoms with van der Waals surface area (Å²) in [6.07, 6.45) is 0.220. The second-order valence-electron chi connectivity index (χ2n) is 6.55. The average Bonchev–Trinajstić information content (AvgIpc) is 2.55. The molecule has 0 N–H and O–H groups in total. The first-order valence-corrected chi connectivity index (χ1v) is 9.61. The molecule has 0 aliphatic carbocycles. The van der Waals surface area contributed by atoms with E-state index in [1.165, 1.54) is 17.1 Å². The maximum Gasteiger partial charge on any atom is 0.254 e. The molecule has 2 atom stereocenters. The second kappa shape index (κ2) is 7.69. The molecule has 1 aromatic carbocycles. The number of amides is 1. The molecule has 0 saturated carbocycles. The summed E-state index contributed by atoms with van der Waals surface area (Å²) in [5.41, 5.74) is 2.07. The molecule has 23 heavy (non-hydrogen) atoms. The summed E-state index contributed by atoms with van der Waals surface area (Å²) in [6, 6.07) is 8.15. The van der Waals surface area contributed by atoms with Gasteiger partial charge in [0.1, 0.15) is 0 Å². The second-order valence-corrected chi connectivity index (χ2v) is 7.78. The molecular formula is C18H26N2O2S. The van der Waals surface area contributed by atoms with E-state index in [-0.39, 0.29) is 18.1 Å². The molecule has 0 bridgehead atoms. The van der Waals surface area contributed by atoms with Gasteiger partial charge in [-0.3, -0.25) is 9.69 Å². The minimum absolute atomic E-state index is 0.110. The third kappa shape index (κ3) is 4.49. The monoisotopic (exact) mass is 334 g/mol. The quantitative estimate of drug-likeness (QED) is 0.850. The van der Waals surface area contributed by atoms with Crippen molar-refractivity contribution < 1.29 is 9.53 Å². The van der Waals surface area contributed by atoms with Crippen LogP contribution in [0.1, 0.15) is 29.8 Å². The zero-order valence-electron chi connectivity index (χ0n) is 14.0. The minimum Gasteiger partial charge on any atom is -0.372 e. The van der Waals surface area contributed by atoms with E-state index in [2.05, 4.69) is 17.0 Å². The van der Waals surface area contributed by atoms with Crippen molar-refractivity contribution >= 4 is 17.7 Å². The van der Waals surface area contributed by atoms with Crippen molar-refractivity contribution in [2.75, 3.05) is 37.7 Å². The number of thioether (sulfide) groups is 1. The van der Waals surface area contributed by atoms with Gasteiger partial charge in [-0.25, -0.2) is 0 Å². The van der Waals surface area contributed by atoms with Crippen LogP contribution in [-0.4, -0.2) is 65.6 Å². The summed E-state index contributed by atoms with van der Waals surface area (Å²) in [5.74, 6) is 2.57. The molecule has 1 aromatic rings. The van der Waals surface area contributed by atoms with Crippen LogP contribution in [-0.2, 0) is 11.3 Å². The molecule has 0 unspecified atom stereocenters. The van der Waals surface area contributed by atoms with Gasteiger partial charge in [0.05, 0.1) is 12.2 Å². The van der Waals surface area contributed by atoms with Crippen molar-refractivity contribution in [1.82, 2.24) is 9.80 Å². The number of benzene rings is 1. The van der Waals surface area contributed by atoms with Crippen LogP contribution in [0.3, 0.4) is 0 Å². The molecule has 0 radical (unpaired) electrons. The lowest BCUT2D eigenvalue weighted by atomic mass is 10.1. The number of morpholine rings is 1. The molecule has 2 aliphatic rings. The molecule has 4 nitrogen and oxygen atoms in total. The molecule has 2 heterocycles. The standard InChI is InChI=1S/C18H26N2O2S/c1-14-11-20(12-15(2)22-14)18(21)17-5-3-16(4-6-17)13-19-7-9-23-10-8-19/h3-6,14-15H,7-13H2,1-2H3/t14-,15-/m1/s1. The van der Waals surface area contributed by atoms with Crippen molar-refractivity contribution in [2.45, 2.75) is 32.6 Å². The molecule has 2 fully saturated rings. The summed E-state index contributed by atoms with van der Waals surface area (Å²) in [7, 11) is 0. The highest BCUT2D eigenvalue weighted by Gasteiger charge is 2.26. The topological polar surface area (TPSA) is 32.8 Å². The van der Waals surface area contributed by atoms with E-state index >= 15 is 0 Å². The predicted molar refractivity (Wildman–Crippen MR) is 95.0 cm³/mol. The van der Waals surface area contributed by atoms with Gasteiger partial charge >= 0.3 is 0 Å². The van der Waals surface area contributed by atoms with Crippen molar-refractivity contribution in [2.24, 2.45) is 0 Å². The molecule has 0 aromatic heterocycles. The van der Waals surface area contributed by atoms with Crippen molar-refractivity contribution in [3.05, 3.63) is 35.4 Å². The van der Waals surface area contributed by atoms with Crippen LogP contribution in [0, 0.1) is 0 Å². The van der Waals surface area contributed by atoms with E-state index in [0.717, 1.165) is 25.2 Å². The molecule has 2 aliphatic heterocycles. The summed E-state index contributed by atoms with van der Waals surface area (Å²) < 4.78 is 5.70. The largest absolute Gasteiger partial charge is 0.372 e. The van der Waals surface area contributed by atoms with Gasteiger partial charge in [-0.1, -0.05) is 12.1 Å². The van der Waals surface area contributed by atoms with E-state index in [0.29, 0.717) is 13.1 Å². The lowest BCUT2D eigenvalue weighted by Gasteiger charge is -2.35. The zero-order valence-corrected chi connectivity index (χ0v) is 14.8. The molecular weight excluding hydrogens is 308 g/mol. The normalized spacial score (nSPS) is 26.3. The van der Waals surface area contributed by atoms with Crippen LogP contribution in [0.5, 0.6) is 0 Å². The highest BCUT2D eigenvalue weighted by Crippen LogP contribution is 2.17. The van der Waals surface area contributed by atoms with Gasteiger partial charge in [0.2, 0.25) is 0 Å². The van der Waals surface area contributed by atoms with Crippen LogP contribution >= 0.6 is 11.8 Å². The number of carbonyl (C=O) groups is 1. The highest BCUT2D eigenvalue weighted by atomic mass is 32.2. The van der Waals surface area contributed by atoms with Gasteiger partial charge in [-0.2, -0.15) is 11.8 Å². The van der Waals surface area contributed by atoms with E-state index in [1.807, 2.05) is 42.6 Å². The first-order chi connectivity index (χ1) is 11.1. The number of rotatable bonds is 3. The van der Waals surface area contributed by atoms with Crippen LogP contribution in [0.4, 0.5) is 0 Å². The van der Waals surface area contributed by atoms with E-state index in [4.69, 9.17) is 4.74 Å². The Morgan fingerprint density at radius 1 is 1.13 bits per heavy atom. The van der Waals surface area contributed by atoms with Gasteiger partial charge < -0.3 is 9.64 Å². The minimum atomic E-state index is 0.110. The number of carbonyl (C=O) groups excluding carboxylic acids is 1. The maximum absolute atomic E-state index is 12.6. The van der Waals surface area contributed by atoms with Gasteiger partial charge in [0.15, 0.2) is 0 Å². The fourth-order valence-corrected chi connectivity index (χ4v) is 4.28. The lowest BCUT2D eigenvalue weighted by molar-refractivity contribution is -0.0586. The molecule has 5 heteroatoms. The number of ether oxygens (including phenoxy) is 1. The summed E-state index contributed by atoms with van der Waals surface area (Å²) in [5, 5.41) is 0. The van der Waals surface area contributed by atoms with E-state index < -0.39 is 0 Å². The first-order valence-electron chi connectivity index (χ1n) is 8.45. The third-order valence-electron chi connectivity index (χ3n) is 4.42. The van der Waals surface area contributed by atoms with Crippen LogP contribution in [0.15, 0.2) is 24.3 Å².